The van der Waals surface area contributed by atoms with E-state index in [1.54, 1.807) is 12.1 Å². The third-order valence-corrected chi connectivity index (χ3v) is 5.04. The second-order valence-corrected chi connectivity index (χ2v) is 7.12. The number of para-hydroxylation sites is 1. The number of amides is 2. The van der Waals surface area contributed by atoms with Crippen LogP contribution in [0.25, 0.3) is 0 Å². The molecule has 27 heavy (non-hydrogen) atoms. The van der Waals surface area contributed by atoms with Gasteiger partial charge in [0.2, 0.25) is 0 Å². The zero-order valence-corrected chi connectivity index (χ0v) is 15.8. The van der Waals surface area contributed by atoms with Crippen molar-refractivity contribution in [1.82, 2.24) is 0 Å². The van der Waals surface area contributed by atoms with Crippen molar-refractivity contribution in [2.45, 2.75) is 38.1 Å². The van der Waals surface area contributed by atoms with E-state index in [0.29, 0.717) is 5.02 Å². The molecule has 0 saturated heterocycles. The molecule has 0 aliphatic heterocycles. The molecule has 0 radical (unpaired) electrons. The van der Waals surface area contributed by atoms with E-state index in [1.165, 1.54) is 12.5 Å². The lowest BCUT2D eigenvalue weighted by Crippen LogP contribution is -2.44. The molecule has 1 aliphatic carbocycles. The summed E-state index contributed by atoms with van der Waals surface area (Å²) < 4.78 is 5.66. The minimum absolute atomic E-state index is 0.140. The lowest BCUT2D eigenvalue weighted by atomic mass is 9.93. The van der Waals surface area contributed by atoms with E-state index in [1.807, 2.05) is 35.2 Å². The Morgan fingerprint density at radius 3 is 2.44 bits per heavy atom. The van der Waals surface area contributed by atoms with Crippen LogP contribution in [0.1, 0.15) is 42.5 Å². The van der Waals surface area contributed by atoms with Gasteiger partial charge in [-0.1, -0.05) is 49.1 Å². The van der Waals surface area contributed by atoms with Gasteiger partial charge in [-0.05, 0) is 43.2 Å². The second-order valence-electron chi connectivity index (χ2n) is 6.68. The van der Waals surface area contributed by atoms with Gasteiger partial charge in [0, 0.05) is 16.8 Å². The van der Waals surface area contributed by atoms with Crippen molar-refractivity contribution >= 4 is 29.1 Å². The molecule has 2 N–H and O–H groups in total. The van der Waals surface area contributed by atoms with Crippen LogP contribution in [0.5, 0.6) is 5.75 Å². The average molecular weight is 387 g/mol. The van der Waals surface area contributed by atoms with Gasteiger partial charge in [-0.2, -0.15) is 0 Å². The normalized spacial score (nSPS) is 14.6. The maximum Gasteiger partial charge on any atom is 0.265 e. The molecule has 0 unspecified atom stereocenters. The van der Waals surface area contributed by atoms with Gasteiger partial charge >= 0.3 is 0 Å². The van der Waals surface area contributed by atoms with Crippen molar-refractivity contribution in [2.75, 3.05) is 11.5 Å². The first-order valence-electron chi connectivity index (χ1n) is 9.15. The van der Waals surface area contributed by atoms with E-state index >= 15 is 0 Å². The van der Waals surface area contributed by atoms with E-state index in [4.69, 9.17) is 22.1 Å². The number of carbonyl (C=O) groups is 2. The van der Waals surface area contributed by atoms with Gasteiger partial charge in [0.1, 0.15) is 5.75 Å². The molecule has 2 amide bonds. The van der Waals surface area contributed by atoms with Gasteiger partial charge in [-0.25, -0.2) is 0 Å². The van der Waals surface area contributed by atoms with Gasteiger partial charge in [0.15, 0.2) is 6.61 Å². The Hall–Kier alpha value is -2.53. The smallest absolute Gasteiger partial charge is 0.265 e. The van der Waals surface area contributed by atoms with Crippen LogP contribution >= 0.6 is 11.6 Å². The maximum absolute atomic E-state index is 13.0. The highest BCUT2D eigenvalue weighted by Crippen LogP contribution is 2.28. The Morgan fingerprint density at radius 2 is 1.78 bits per heavy atom. The number of ether oxygens (including phenoxy) is 1. The summed E-state index contributed by atoms with van der Waals surface area (Å²) in [5, 5.41) is 0.385. The lowest BCUT2D eigenvalue weighted by Gasteiger charge is -2.34. The molecule has 6 heteroatoms. The molecule has 0 atom stereocenters. The van der Waals surface area contributed by atoms with Crippen molar-refractivity contribution in [3.8, 4) is 5.75 Å². The number of carbonyl (C=O) groups excluding carboxylic acids is 2. The summed E-state index contributed by atoms with van der Waals surface area (Å²) in [6.07, 6.45) is 5.40. The lowest BCUT2D eigenvalue weighted by molar-refractivity contribution is -0.121. The number of hydrogen-bond donors (Lipinski definition) is 1. The first kappa shape index (κ1) is 19.2. The van der Waals surface area contributed by atoms with Crippen LogP contribution in [-0.4, -0.2) is 24.5 Å². The Balaban J connectivity index is 1.78. The molecule has 5 nitrogen and oxygen atoms in total. The van der Waals surface area contributed by atoms with Crippen molar-refractivity contribution in [3.63, 3.8) is 0 Å². The fourth-order valence-corrected chi connectivity index (χ4v) is 3.69. The molecular weight excluding hydrogens is 364 g/mol. The van der Waals surface area contributed by atoms with Crippen LogP contribution in [0.15, 0.2) is 48.5 Å². The van der Waals surface area contributed by atoms with Gasteiger partial charge in [0.25, 0.3) is 11.8 Å². The second kappa shape index (κ2) is 8.91. The number of benzene rings is 2. The number of hydrogen-bond acceptors (Lipinski definition) is 3. The van der Waals surface area contributed by atoms with E-state index in [0.717, 1.165) is 31.4 Å². The number of rotatable bonds is 6. The first-order valence-corrected chi connectivity index (χ1v) is 9.53. The summed E-state index contributed by atoms with van der Waals surface area (Å²) >= 11 is 5.92. The number of anilines is 1. The predicted molar refractivity (Wildman–Crippen MR) is 106 cm³/mol. The Morgan fingerprint density at radius 1 is 1.07 bits per heavy atom. The predicted octanol–water partition coefficient (Wildman–Crippen LogP) is 4.18. The molecular formula is C21H23ClN2O3. The highest BCUT2D eigenvalue weighted by molar-refractivity contribution is 6.31. The molecule has 3 rings (SSSR count). The van der Waals surface area contributed by atoms with Crippen molar-refractivity contribution in [1.29, 1.82) is 0 Å². The molecule has 142 valence electrons. The Bertz CT molecular complexity index is 804. The Kier molecular flexibility index (Phi) is 6.35. The third-order valence-electron chi connectivity index (χ3n) is 4.80. The summed E-state index contributed by atoms with van der Waals surface area (Å²) in [6, 6.07) is 14.4. The van der Waals surface area contributed by atoms with Crippen LogP contribution in [0.4, 0.5) is 5.69 Å². The van der Waals surface area contributed by atoms with Crippen LogP contribution in [0.2, 0.25) is 5.02 Å². The summed E-state index contributed by atoms with van der Waals surface area (Å²) in [7, 11) is 0. The van der Waals surface area contributed by atoms with Crippen LogP contribution in [0, 0.1) is 0 Å². The molecule has 1 fully saturated rings. The molecule has 2 aromatic rings. The zero-order chi connectivity index (χ0) is 19.2. The van der Waals surface area contributed by atoms with Gasteiger partial charge in [-0.3, -0.25) is 9.59 Å². The Labute approximate surface area is 164 Å². The number of nitrogens with zero attached hydrogens (tertiary/aromatic N) is 1. The number of nitrogens with two attached hydrogens (primary N) is 1. The summed E-state index contributed by atoms with van der Waals surface area (Å²) in [4.78, 5) is 26.5. The van der Waals surface area contributed by atoms with Crippen molar-refractivity contribution in [3.05, 3.63) is 59.1 Å². The minimum Gasteiger partial charge on any atom is -0.483 e. The van der Waals surface area contributed by atoms with Crippen LogP contribution < -0.4 is 15.4 Å². The monoisotopic (exact) mass is 386 g/mol. The van der Waals surface area contributed by atoms with Gasteiger partial charge < -0.3 is 15.4 Å². The highest BCUT2D eigenvalue weighted by Gasteiger charge is 2.27. The quantitative estimate of drug-likeness (QED) is 0.809. The van der Waals surface area contributed by atoms with Crippen molar-refractivity contribution in [2.24, 2.45) is 5.73 Å². The standard InChI is InChI=1S/C21H23ClN2O3/c22-15-11-12-19(18(13-15)21(23)26)27-14-20(25)24(16-7-3-1-4-8-16)17-9-5-2-6-10-17/h1,3-4,7-8,11-13,17H,2,5-6,9-10,14H2,(H2,23,26). The molecule has 0 spiro atoms. The molecule has 0 aromatic heterocycles. The molecule has 1 aliphatic rings. The van der Waals surface area contributed by atoms with E-state index in [-0.39, 0.29) is 29.9 Å². The fraction of sp³-hybridized carbons (Fsp3) is 0.333. The van der Waals surface area contributed by atoms with Crippen LogP contribution in [0.3, 0.4) is 0 Å². The van der Waals surface area contributed by atoms with E-state index in [2.05, 4.69) is 0 Å². The number of halogens is 1. The molecule has 2 aromatic carbocycles. The topological polar surface area (TPSA) is 72.6 Å². The van der Waals surface area contributed by atoms with Crippen molar-refractivity contribution < 1.29 is 14.3 Å². The number of primary amides is 1. The molecule has 0 heterocycles. The zero-order valence-electron chi connectivity index (χ0n) is 15.1. The fourth-order valence-electron chi connectivity index (χ4n) is 3.52. The third kappa shape index (κ3) is 4.80. The summed E-state index contributed by atoms with van der Waals surface area (Å²) in [5.74, 6) is -0.525. The van der Waals surface area contributed by atoms with E-state index in [9.17, 15) is 9.59 Å². The highest BCUT2D eigenvalue weighted by atomic mass is 35.5. The summed E-state index contributed by atoms with van der Waals surface area (Å²) in [6.45, 7) is -0.173. The summed E-state index contributed by atoms with van der Waals surface area (Å²) in [5.41, 5.74) is 6.42. The van der Waals surface area contributed by atoms with Crippen LogP contribution in [-0.2, 0) is 4.79 Å². The molecule has 1 saturated carbocycles. The first-order chi connectivity index (χ1) is 13.1. The minimum atomic E-state index is -0.646. The van der Waals surface area contributed by atoms with Gasteiger partial charge in [0.05, 0.1) is 5.56 Å². The van der Waals surface area contributed by atoms with E-state index < -0.39 is 5.91 Å². The average Bonchev–Trinajstić information content (AvgIpc) is 2.69. The molecule has 0 bridgehead atoms. The largest absolute Gasteiger partial charge is 0.483 e. The SMILES string of the molecule is NC(=O)c1cc(Cl)ccc1OCC(=O)N(c1ccccc1)C1CCCCC1. The van der Waals surface area contributed by atoms with Gasteiger partial charge in [-0.15, -0.1) is 0 Å². The maximum atomic E-state index is 13.0.